The summed E-state index contributed by atoms with van der Waals surface area (Å²) in [5.74, 6) is 0. The smallest absolute Gasteiger partial charge is 0.0872 e. The fourth-order valence-corrected chi connectivity index (χ4v) is 0.485. The largest absolute Gasteiger partial charge is 0.399 e. The van der Waals surface area contributed by atoms with Crippen LogP contribution in [0.25, 0.3) is 0 Å². The lowest BCUT2D eigenvalue weighted by Gasteiger charge is -1.73. The maximum absolute atomic E-state index is 5.56. The van der Waals surface area contributed by atoms with Crippen molar-refractivity contribution in [1.82, 2.24) is 4.67 Å². The number of nitrogens with zero attached hydrogens (tertiary/aromatic N) is 1. The van der Waals surface area contributed by atoms with Gasteiger partial charge in [0, 0.05) is 28.8 Å². The molecule has 0 aromatic carbocycles. The summed E-state index contributed by atoms with van der Waals surface area (Å²) in [6.45, 7) is 7.00. The highest BCUT2D eigenvalue weighted by Crippen LogP contribution is 1.92. The molecule has 0 amide bonds. The number of hydrogen-bond donors (Lipinski definition) is 0. The van der Waals surface area contributed by atoms with Crippen LogP contribution in [0.2, 0.25) is 0 Å². The van der Waals surface area contributed by atoms with Gasteiger partial charge in [0.1, 0.15) is 0 Å². The van der Waals surface area contributed by atoms with Gasteiger partial charge in [-0.15, -0.1) is 0 Å². The van der Waals surface area contributed by atoms with Crippen molar-refractivity contribution in [2.24, 2.45) is 0 Å². The standard InChI is InChI=1S/C6H8Cl2N/c1-4(2)6(8)9-5(3)7/h1H2,2-3H3/q+1. The van der Waals surface area contributed by atoms with Gasteiger partial charge in [-0.3, -0.25) is 0 Å². The zero-order chi connectivity index (χ0) is 7.44. The molecule has 0 saturated carbocycles. The van der Waals surface area contributed by atoms with Gasteiger partial charge < -0.3 is 0 Å². The highest BCUT2D eigenvalue weighted by molar-refractivity contribution is 6.71. The average Bonchev–Trinajstić information content (AvgIpc) is 1.63. The normalized spacial score (nSPS) is 8.00. The third-order valence-electron chi connectivity index (χ3n) is 0.604. The average molecular weight is 165 g/mol. The summed E-state index contributed by atoms with van der Waals surface area (Å²) < 4.78 is 3.74. The zero-order valence-electron chi connectivity index (χ0n) is 5.41. The molecule has 0 aliphatic heterocycles. The molecular formula is C6H8Cl2N+. The van der Waals surface area contributed by atoms with Gasteiger partial charge in [-0.05, 0) is 6.92 Å². The number of allylic oxidation sites excluding steroid dienone is 1. The monoisotopic (exact) mass is 164 g/mol. The van der Waals surface area contributed by atoms with Gasteiger partial charge >= 0.3 is 10.3 Å². The molecule has 0 unspecified atom stereocenters. The zero-order valence-corrected chi connectivity index (χ0v) is 6.92. The molecule has 9 heavy (non-hydrogen) atoms. The fraction of sp³-hybridized carbons (Fsp3) is 0.333. The van der Waals surface area contributed by atoms with Gasteiger partial charge in [-0.25, -0.2) is 0 Å². The van der Waals surface area contributed by atoms with Crippen LogP contribution in [0.1, 0.15) is 13.8 Å². The van der Waals surface area contributed by atoms with Crippen molar-refractivity contribution in [2.45, 2.75) is 13.8 Å². The van der Waals surface area contributed by atoms with Crippen molar-refractivity contribution in [3.8, 4) is 0 Å². The quantitative estimate of drug-likeness (QED) is 0.416. The Labute approximate surface area is 64.7 Å². The van der Waals surface area contributed by atoms with Crippen LogP contribution in [0.3, 0.4) is 0 Å². The maximum atomic E-state index is 5.56. The number of rotatable bonds is 1. The summed E-state index contributed by atoms with van der Waals surface area (Å²) in [6, 6.07) is 0. The summed E-state index contributed by atoms with van der Waals surface area (Å²) in [4.78, 5) is 0. The first kappa shape index (κ1) is 8.77. The van der Waals surface area contributed by atoms with Crippen molar-refractivity contribution in [3.63, 3.8) is 0 Å². The third-order valence-corrected chi connectivity index (χ3v) is 1.10. The molecule has 0 bridgehead atoms. The number of halogens is 2. The highest BCUT2D eigenvalue weighted by Gasteiger charge is 2.04. The lowest BCUT2D eigenvalue weighted by atomic mass is 10.4. The summed E-state index contributed by atoms with van der Waals surface area (Å²) >= 11 is 11.0. The Balaban J connectivity index is 4.55. The second kappa shape index (κ2) is 3.73. The molecule has 0 N–H and O–H groups in total. The Hall–Kier alpha value is -0.230. The molecule has 0 rings (SSSR count). The van der Waals surface area contributed by atoms with Crippen molar-refractivity contribution >= 4 is 33.5 Å². The topological polar surface area (TPSA) is 14.1 Å². The lowest BCUT2D eigenvalue weighted by Crippen LogP contribution is -1.95. The maximum Gasteiger partial charge on any atom is 0.399 e. The first-order chi connectivity index (χ1) is 4.04. The van der Waals surface area contributed by atoms with E-state index in [1.807, 2.05) is 0 Å². The molecule has 0 aliphatic rings. The van der Waals surface area contributed by atoms with E-state index in [0.717, 1.165) is 5.57 Å². The minimum absolute atomic E-state index is 0.363. The minimum atomic E-state index is 0.363. The molecule has 0 fully saturated rings. The Kier molecular flexibility index (Phi) is 3.64. The molecule has 3 heteroatoms. The molecular weight excluding hydrogens is 157 g/mol. The van der Waals surface area contributed by atoms with Crippen molar-refractivity contribution in [2.75, 3.05) is 0 Å². The van der Waals surface area contributed by atoms with Crippen LogP contribution < -0.4 is 4.67 Å². The van der Waals surface area contributed by atoms with E-state index in [1.165, 1.54) is 0 Å². The van der Waals surface area contributed by atoms with E-state index in [4.69, 9.17) is 23.2 Å². The highest BCUT2D eigenvalue weighted by atomic mass is 35.5. The van der Waals surface area contributed by atoms with Crippen molar-refractivity contribution in [1.29, 1.82) is 0 Å². The molecule has 0 aliphatic carbocycles. The van der Waals surface area contributed by atoms with E-state index in [1.54, 1.807) is 13.8 Å². The van der Waals surface area contributed by atoms with Crippen molar-refractivity contribution in [3.05, 3.63) is 12.2 Å². The van der Waals surface area contributed by atoms with Gasteiger partial charge in [-0.2, -0.15) is 0 Å². The van der Waals surface area contributed by atoms with E-state index in [9.17, 15) is 0 Å². The van der Waals surface area contributed by atoms with Crippen LogP contribution in [0, 0.1) is 0 Å². The number of hydrogen-bond acceptors (Lipinski definition) is 0. The van der Waals surface area contributed by atoms with Crippen LogP contribution in [-0.2, 0) is 0 Å². The summed E-state index contributed by atoms with van der Waals surface area (Å²) in [7, 11) is 0. The molecule has 0 saturated heterocycles. The Morgan fingerprint density at radius 1 is 1.33 bits per heavy atom. The van der Waals surface area contributed by atoms with Crippen LogP contribution in [-0.4, -0.2) is 10.3 Å². The second-order valence-electron chi connectivity index (χ2n) is 1.68. The van der Waals surface area contributed by atoms with Gasteiger partial charge in [0.2, 0.25) is 0 Å². The summed E-state index contributed by atoms with van der Waals surface area (Å²) in [5.41, 5.74) is 0.719. The summed E-state index contributed by atoms with van der Waals surface area (Å²) in [6.07, 6.45) is 0. The SMILES string of the molecule is C=C(C)C(Cl)=[N+]=C(C)Cl. The Morgan fingerprint density at radius 3 is 1.89 bits per heavy atom. The van der Waals surface area contributed by atoms with Crippen LogP contribution >= 0.6 is 23.2 Å². The van der Waals surface area contributed by atoms with Gasteiger partial charge in [0.15, 0.2) is 0 Å². The molecule has 0 radical (unpaired) electrons. The Morgan fingerprint density at radius 2 is 1.78 bits per heavy atom. The molecule has 0 aromatic heterocycles. The summed E-state index contributed by atoms with van der Waals surface area (Å²) in [5, 5.41) is 0.783. The first-order valence-electron chi connectivity index (χ1n) is 2.43. The predicted octanol–water partition coefficient (Wildman–Crippen LogP) is 1.92. The van der Waals surface area contributed by atoms with E-state index in [-0.39, 0.29) is 0 Å². The molecule has 0 spiro atoms. The van der Waals surface area contributed by atoms with E-state index in [2.05, 4.69) is 11.2 Å². The minimum Gasteiger partial charge on any atom is -0.0872 e. The van der Waals surface area contributed by atoms with E-state index < -0.39 is 0 Å². The van der Waals surface area contributed by atoms with E-state index in [0.29, 0.717) is 10.3 Å². The lowest BCUT2D eigenvalue weighted by molar-refractivity contribution is 1.57. The van der Waals surface area contributed by atoms with Gasteiger partial charge in [0.25, 0.3) is 0 Å². The van der Waals surface area contributed by atoms with Gasteiger partial charge in [-0.1, -0.05) is 11.2 Å². The predicted molar refractivity (Wildman–Crippen MR) is 44.3 cm³/mol. The van der Waals surface area contributed by atoms with Crippen LogP contribution in [0.5, 0.6) is 0 Å². The molecule has 1 nitrogen and oxygen atoms in total. The van der Waals surface area contributed by atoms with E-state index >= 15 is 0 Å². The van der Waals surface area contributed by atoms with Crippen molar-refractivity contribution < 1.29 is 0 Å². The Bertz CT molecular complexity index is 183. The second-order valence-corrected chi connectivity index (χ2v) is 2.59. The fourth-order valence-electron chi connectivity index (χ4n) is 0.231. The molecule has 0 atom stereocenters. The molecule has 50 valence electrons. The van der Waals surface area contributed by atoms with Crippen LogP contribution in [0.4, 0.5) is 0 Å². The molecule has 0 heterocycles. The van der Waals surface area contributed by atoms with Crippen LogP contribution in [0.15, 0.2) is 12.2 Å². The molecule has 0 aromatic rings. The van der Waals surface area contributed by atoms with Gasteiger partial charge in [0.05, 0.1) is 6.92 Å². The first-order valence-corrected chi connectivity index (χ1v) is 3.18. The third kappa shape index (κ3) is 4.28.